The highest BCUT2D eigenvalue weighted by Crippen LogP contribution is 2.37. The van der Waals surface area contributed by atoms with Crippen molar-refractivity contribution in [3.8, 4) is 0 Å². The molecule has 0 radical (unpaired) electrons. The lowest BCUT2D eigenvalue weighted by Crippen LogP contribution is -2.42. The van der Waals surface area contributed by atoms with Crippen molar-refractivity contribution in [2.24, 2.45) is 5.41 Å². The lowest BCUT2D eigenvalue weighted by atomic mass is 9.81. The van der Waals surface area contributed by atoms with Crippen LogP contribution < -0.4 is 0 Å². The molecule has 0 N–H and O–H groups in total. The van der Waals surface area contributed by atoms with Crippen LogP contribution in [0.5, 0.6) is 0 Å². The Labute approximate surface area is 117 Å². The summed E-state index contributed by atoms with van der Waals surface area (Å²) in [5.74, 6) is 1.33. The van der Waals surface area contributed by atoms with Crippen LogP contribution in [0.1, 0.15) is 64.2 Å². The highest BCUT2D eigenvalue weighted by Gasteiger charge is 2.33. The molecule has 0 aromatic carbocycles. The topological polar surface area (TPSA) is 20.3 Å². The maximum absolute atomic E-state index is 12.1. The van der Waals surface area contributed by atoms with Gasteiger partial charge in [-0.3, -0.25) is 4.79 Å². The van der Waals surface area contributed by atoms with Crippen molar-refractivity contribution in [2.45, 2.75) is 64.2 Å². The minimum Gasteiger partial charge on any atom is -0.342 e. The van der Waals surface area contributed by atoms with Gasteiger partial charge in [0.2, 0.25) is 5.91 Å². The maximum Gasteiger partial charge on any atom is 0.222 e. The summed E-state index contributed by atoms with van der Waals surface area (Å²) < 4.78 is 0. The van der Waals surface area contributed by atoms with Crippen molar-refractivity contribution in [3.63, 3.8) is 0 Å². The van der Waals surface area contributed by atoms with E-state index in [0.29, 0.717) is 11.3 Å². The Kier molecular flexibility index (Phi) is 5.40. The summed E-state index contributed by atoms with van der Waals surface area (Å²) in [5, 5.41) is 0. The van der Waals surface area contributed by atoms with Crippen LogP contribution in [0.3, 0.4) is 0 Å². The zero-order valence-corrected chi connectivity index (χ0v) is 12.4. The van der Waals surface area contributed by atoms with Gasteiger partial charge in [0.15, 0.2) is 0 Å². The lowest BCUT2D eigenvalue weighted by molar-refractivity contribution is -0.132. The standard InChI is InChI=1S/C15H27NOS/c17-14-8-4-3-7-11-16(14)12-15(13-18)9-5-1-2-6-10-15/h18H,1-13H2. The minimum absolute atomic E-state index is 0.305. The summed E-state index contributed by atoms with van der Waals surface area (Å²) in [5.41, 5.74) is 0.305. The summed E-state index contributed by atoms with van der Waals surface area (Å²) in [6.07, 6.45) is 12.2. The predicted molar refractivity (Wildman–Crippen MR) is 79.0 cm³/mol. The van der Waals surface area contributed by atoms with E-state index < -0.39 is 0 Å². The molecule has 0 aromatic heterocycles. The lowest BCUT2D eigenvalue weighted by Gasteiger charge is -2.36. The molecule has 3 heteroatoms. The van der Waals surface area contributed by atoms with Gasteiger partial charge in [-0.15, -0.1) is 0 Å². The predicted octanol–water partition coefficient (Wildman–Crippen LogP) is 3.66. The number of thiol groups is 1. The maximum atomic E-state index is 12.1. The third-order valence-corrected chi connectivity index (χ3v) is 5.37. The highest BCUT2D eigenvalue weighted by atomic mass is 32.1. The zero-order chi connectivity index (χ0) is 12.8. The second-order valence-corrected chi connectivity index (χ2v) is 6.51. The van der Waals surface area contributed by atoms with E-state index in [0.717, 1.165) is 31.7 Å². The first-order chi connectivity index (χ1) is 8.76. The number of amides is 1. The number of rotatable bonds is 3. The average Bonchev–Trinajstić information content (AvgIpc) is 2.73. The van der Waals surface area contributed by atoms with Crippen LogP contribution >= 0.6 is 12.6 Å². The van der Waals surface area contributed by atoms with Gasteiger partial charge in [0.05, 0.1) is 0 Å². The zero-order valence-electron chi connectivity index (χ0n) is 11.5. The third kappa shape index (κ3) is 3.66. The van der Waals surface area contributed by atoms with Gasteiger partial charge in [-0.2, -0.15) is 12.6 Å². The monoisotopic (exact) mass is 269 g/mol. The summed E-state index contributed by atoms with van der Waals surface area (Å²) in [6, 6.07) is 0. The number of carbonyl (C=O) groups is 1. The Balaban J connectivity index is 2.00. The van der Waals surface area contributed by atoms with E-state index in [-0.39, 0.29) is 0 Å². The first-order valence-corrected chi connectivity index (χ1v) is 8.28. The van der Waals surface area contributed by atoms with Gasteiger partial charge in [0.25, 0.3) is 0 Å². The van der Waals surface area contributed by atoms with Crippen LogP contribution in [-0.4, -0.2) is 29.6 Å². The largest absolute Gasteiger partial charge is 0.342 e. The fraction of sp³-hybridized carbons (Fsp3) is 0.933. The third-order valence-electron chi connectivity index (χ3n) is 4.70. The van der Waals surface area contributed by atoms with Crippen molar-refractivity contribution in [1.82, 2.24) is 4.90 Å². The first-order valence-electron chi connectivity index (χ1n) is 7.64. The molecular weight excluding hydrogens is 242 g/mol. The van der Waals surface area contributed by atoms with Gasteiger partial charge in [-0.1, -0.05) is 32.1 Å². The first kappa shape index (κ1) is 14.2. The Bertz CT molecular complexity index is 272. The van der Waals surface area contributed by atoms with Crippen LogP contribution in [-0.2, 0) is 4.79 Å². The van der Waals surface area contributed by atoms with Gasteiger partial charge in [-0.05, 0) is 36.9 Å². The number of hydrogen-bond acceptors (Lipinski definition) is 2. The van der Waals surface area contributed by atoms with Crippen LogP contribution in [0.4, 0.5) is 0 Å². The second kappa shape index (κ2) is 6.83. The number of carbonyl (C=O) groups excluding carboxylic acids is 1. The SMILES string of the molecule is O=C1CCCCCN1CC1(CS)CCCCCC1. The number of hydrogen-bond donors (Lipinski definition) is 1. The molecule has 2 aliphatic rings. The summed E-state index contributed by atoms with van der Waals surface area (Å²) >= 11 is 4.62. The summed E-state index contributed by atoms with van der Waals surface area (Å²) in [4.78, 5) is 14.3. The number of nitrogens with zero attached hydrogens (tertiary/aromatic N) is 1. The Morgan fingerprint density at radius 1 is 1.00 bits per heavy atom. The van der Waals surface area contributed by atoms with Crippen LogP contribution in [0.2, 0.25) is 0 Å². The fourth-order valence-corrected chi connectivity index (χ4v) is 3.87. The van der Waals surface area contributed by atoms with E-state index in [1.807, 2.05) is 0 Å². The molecule has 1 aliphatic heterocycles. The molecule has 0 unspecified atom stereocenters. The van der Waals surface area contributed by atoms with Crippen molar-refractivity contribution >= 4 is 18.5 Å². The molecule has 0 atom stereocenters. The molecule has 0 bridgehead atoms. The van der Waals surface area contributed by atoms with Crippen LogP contribution in [0.15, 0.2) is 0 Å². The van der Waals surface area contributed by atoms with Crippen molar-refractivity contribution in [1.29, 1.82) is 0 Å². The van der Waals surface area contributed by atoms with Crippen LogP contribution in [0.25, 0.3) is 0 Å². The molecule has 0 spiro atoms. The van der Waals surface area contributed by atoms with E-state index in [1.165, 1.54) is 51.4 Å². The van der Waals surface area contributed by atoms with Crippen molar-refractivity contribution in [2.75, 3.05) is 18.8 Å². The quantitative estimate of drug-likeness (QED) is 0.612. The van der Waals surface area contributed by atoms with Gasteiger partial charge >= 0.3 is 0 Å². The van der Waals surface area contributed by atoms with E-state index in [4.69, 9.17) is 0 Å². The summed E-state index contributed by atoms with van der Waals surface area (Å²) in [7, 11) is 0. The van der Waals surface area contributed by atoms with E-state index in [2.05, 4.69) is 17.5 Å². The molecule has 2 nitrogen and oxygen atoms in total. The second-order valence-electron chi connectivity index (χ2n) is 6.20. The molecule has 104 valence electrons. The molecule has 1 aliphatic carbocycles. The highest BCUT2D eigenvalue weighted by molar-refractivity contribution is 7.80. The van der Waals surface area contributed by atoms with Gasteiger partial charge in [0.1, 0.15) is 0 Å². The number of likely N-dealkylation sites (tertiary alicyclic amines) is 1. The van der Waals surface area contributed by atoms with E-state index in [1.54, 1.807) is 0 Å². The van der Waals surface area contributed by atoms with Crippen molar-refractivity contribution < 1.29 is 4.79 Å². The Morgan fingerprint density at radius 3 is 2.33 bits per heavy atom. The molecule has 1 saturated carbocycles. The average molecular weight is 269 g/mol. The molecule has 1 amide bonds. The normalized spacial score (nSPS) is 25.6. The molecule has 18 heavy (non-hydrogen) atoms. The molecule has 1 heterocycles. The van der Waals surface area contributed by atoms with E-state index >= 15 is 0 Å². The van der Waals surface area contributed by atoms with Crippen molar-refractivity contribution in [3.05, 3.63) is 0 Å². The van der Waals surface area contributed by atoms with E-state index in [9.17, 15) is 4.79 Å². The molecule has 2 rings (SSSR count). The van der Waals surface area contributed by atoms with Gasteiger partial charge in [0, 0.05) is 19.5 Å². The molecular formula is C15H27NOS. The Hall–Kier alpha value is -0.180. The summed E-state index contributed by atoms with van der Waals surface area (Å²) in [6.45, 7) is 1.95. The smallest absolute Gasteiger partial charge is 0.222 e. The van der Waals surface area contributed by atoms with Crippen LogP contribution in [0, 0.1) is 5.41 Å². The molecule has 1 saturated heterocycles. The molecule has 0 aromatic rings. The Morgan fingerprint density at radius 2 is 1.67 bits per heavy atom. The minimum atomic E-state index is 0.305. The fourth-order valence-electron chi connectivity index (χ4n) is 3.46. The van der Waals surface area contributed by atoms with Gasteiger partial charge < -0.3 is 4.90 Å². The van der Waals surface area contributed by atoms with Gasteiger partial charge in [-0.25, -0.2) is 0 Å². The molecule has 2 fully saturated rings.